The van der Waals surface area contributed by atoms with Crippen molar-refractivity contribution in [2.75, 3.05) is 43.6 Å². The number of rotatable bonds is 9. The predicted octanol–water partition coefficient (Wildman–Crippen LogP) is 5.02. The molecule has 42 heavy (non-hydrogen) atoms. The van der Waals surface area contributed by atoms with Crippen LogP contribution in [0.25, 0.3) is 28.1 Å². The number of benzene rings is 2. The maximum Gasteiger partial charge on any atom is 0.242 e. The largest absolute Gasteiger partial charge is 0.481 e. The van der Waals surface area contributed by atoms with Gasteiger partial charge in [-0.3, -0.25) is 4.57 Å². The molecule has 0 saturated carbocycles. The summed E-state index contributed by atoms with van der Waals surface area (Å²) < 4.78 is 26.8. The van der Waals surface area contributed by atoms with E-state index in [4.69, 9.17) is 24.4 Å². The van der Waals surface area contributed by atoms with Gasteiger partial charge in [0.1, 0.15) is 12.5 Å². The van der Waals surface area contributed by atoms with Crippen LogP contribution in [0.3, 0.4) is 0 Å². The normalized spacial score (nSPS) is 13.9. The lowest BCUT2D eigenvalue weighted by molar-refractivity contribution is 0.122. The number of fused-ring (bicyclic) bond motifs is 1. The highest BCUT2D eigenvalue weighted by Gasteiger charge is 2.25. The molecule has 1 saturated heterocycles. The third-order valence-corrected chi connectivity index (χ3v) is 7.21. The number of anilines is 2. The number of morpholine rings is 1. The van der Waals surface area contributed by atoms with Crippen molar-refractivity contribution in [3.8, 4) is 23.0 Å². The Kier molecular flexibility index (Phi) is 7.66. The third-order valence-electron chi connectivity index (χ3n) is 7.21. The van der Waals surface area contributed by atoms with Crippen molar-refractivity contribution in [1.82, 2.24) is 29.5 Å². The molecule has 0 unspecified atom stereocenters. The van der Waals surface area contributed by atoms with E-state index in [9.17, 15) is 4.39 Å². The first-order valence-corrected chi connectivity index (χ1v) is 13.9. The summed E-state index contributed by atoms with van der Waals surface area (Å²) >= 11 is 0. The van der Waals surface area contributed by atoms with E-state index < -0.39 is 12.2 Å². The van der Waals surface area contributed by atoms with Crippen molar-refractivity contribution >= 4 is 22.9 Å². The lowest BCUT2D eigenvalue weighted by Crippen LogP contribution is -2.39. The molecular formula is C31H33FN8O2. The van der Waals surface area contributed by atoms with E-state index in [2.05, 4.69) is 46.2 Å². The molecule has 5 aromatic rings. The van der Waals surface area contributed by atoms with Gasteiger partial charge in [-0.1, -0.05) is 36.4 Å². The molecule has 0 amide bonds. The van der Waals surface area contributed by atoms with Crippen LogP contribution in [0.4, 0.5) is 16.3 Å². The Hall–Kier alpha value is -4.64. The fraction of sp³-hybridized carbons (Fsp3) is 0.323. The van der Waals surface area contributed by atoms with Gasteiger partial charge < -0.3 is 19.7 Å². The van der Waals surface area contributed by atoms with Gasteiger partial charge in [0.2, 0.25) is 23.7 Å². The topological polar surface area (TPSA) is 103 Å². The summed E-state index contributed by atoms with van der Waals surface area (Å²) in [6, 6.07) is 19.7. The highest BCUT2D eigenvalue weighted by Crippen LogP contribution is 2.30. The average molecular weight is 569 g/mol. The van der Waals surface area contributed by atoms with Crippen LogP contribution in [0.1, 0.15) is 25.2 Å². The second-order valence-electron chi connectivity index (χ2n) is 10.8. The smallest absolute Gasteiger partial charge is 0.242 e. The number of halogens is 1. The maximum atomic E-state index is 14.2. The number of nitrogens with one attached hydrogen (secondary N) is 1. The molecule has 11 heteroatoms. The molecule has 1 aliphatic heterocycles. The Morgan fingerprint density at radius 1 is 0.952 bits per heavy atom. The number of aromatic nitrogens is 6. The molecule has 6 rings (SSSR count). The number of alkyl halides is 1. The van der Waals surface area contributed by atoms with Gasteiger partial charge in [0, 0.05) is 30.9 Å². The molecule has 216 valence electrons. The van der Waals surface area contributed by atoms with Crippen LogP contribution in [0.2, 0.25) is 0 Å². The van der Waals surface area contributed by atoms with Crippen molar-refractivity contribution in [2.24, 2.45) is 0 Å². The Morgan fingerprint density at radius 2 is 1.71 bits per heavy atom. The fourth-order valence-corrected chi connectivity index (χ4v) is 5.27. The summed E-state index contributed by atoms with van der Waals surface area (Å²) in [6.45, 7) is 5.91. The molecule has 2 aromatic carbocycles. The van der Waals surface area contributed by atoms with E-state index in [0.29, 0.717) is 62.0 Å². The second-order valence-corrected chi connectivity index (χ2v) is 10.8. The van der Waals surface area contributed by atoms with Crippen molar-refractivity contribution in [3.63, 3.8) is 0 Å². The van der Waals surface area contributed by atoms with E-state index >= 15 is 0 Å². The lowest BCUT2D eigenvalue weighted by atomic mass is 9.90. The van der Waals surface area contributed by atoms with Crippen LogP contribution >= 0.6 is 0 Å². The van der Waals surface area contributed by atoms with Crippen molar-refractivity contribution in [3.05, 3.63) is 78.2 Å². The molecule has 1 N–H and O–H groups in total. The highest BCUT2D eigenvalue weighted by molar-refractivity contribution is 5.77. The maximum absolute atomic E-state index is 14.2. The molecule has 10 nitrogen and oxygen atoms in total. The third kappa shape index (κ3) is 5.73. The quantitative estimate of drug-likeness (QED) is 0.263. The van der Waals surface area contributed by atoms with E-state index in [-0.39, 0.29) is 5.82 Å². The average Bonchev–Trinajstić information content (AvgIpc) is 3.40. The minimum atomic E-state index is -0.752. The molecule has 0 bridgehead atoms. The molecule has 0 spiro atoms. The number of nitrogens with zero attached hydrogens (tertiary/aromatic N) is 7. The van der Waals surface area contributed by atoms with Crippen LogP contribution in [-0.4, -0.2) is 68.4 Å². The first-order valence-electron chi connectivity index (χ1n) is 13.9. The monoisotopic (exact) mass is 568 g/mol. The molecule has 1 aliphatic rings. The number of hydrogen-bond donors (Lipinski definition) is 1. The van der Waals surface area contributed by atoms with Crippen molar-refractivity contribution in [2.45, 2.75) is 32.5 Å². The molecule has 3 aromatic heterocycles. The second kappa shape index (κ2) is 11.7. The molecule has 0 radical (unpaired) electrons. The molecule has 0 aliphatic carbocycles. The minimum Gasteiger partial charge on any atom is -0.481 e. The summed E-state index contributed by atoms with van der Waals surface area (Å²) in [5, 5.41) is 3.55. The van der Waals surface area contributed by atoms with Crippen molar-refractivity contribution in [1.29, 1.82) is 0 Å². The zero-order valence-electron chi connectivity index (χ0n) is 23.9. The van der Waals surface area contributed by atoms with Gasteiger partial charge in [-0.25, -0.2) is 14.4 Å². The van der Waals surface area contributed by atoms with Gasteiger partial charge in [0.25, 0.3) is 0 Å². The standard InChI is InChI=1S/C31H33FN8O2/c1-31(2,19-22-8-4-5-9-23(22)21-12-13-33-27(18-21)41-3)38-28-35-29(39-14-16-42-17-15-39)37-30(36-28)40-25-11-7-6-10-24(25)34-26(40)20-32/h4-13,18H,14-17,19-20H2,1-3H3,(H,35,36,37,38). The van der Waals surface area contributed by atoms with Gasteiger partial charge in [-0.2, -0.15) is 15.0 Å². The first kappa shape index (κ1) is 27.5. The van der Waals surface area contributed by atoms with Crippen molar-refractivity contribution < 1.29 is 13.9 Å². The van der Waals surface area contributed by atoms with Gasteiger partial charge in [0.05, 0.1) is 31.4 Å². The van der Waals surface area contributed by atoms with Gasteiger partial charge in [-0.05, 0) is 55.2 Å². The summed E-state index contributed by atoms with van der Waals surface area (Å²) in [5.74, 6) is 2.02. The van der Waals surface area contributed by atoms with Crippen LogP contribution < -0.4 is 15.0 Å². The zero-order valence-corrected chi connectivity index (χ0v) is 23.9. The Bertz CT molecular complexity index is 1700. The van der Waals surface area contributed by atoms with Crippen LogP contribution in [0.15, 0.2) is 66.9 Å². The SMILES string of the molecule is COc1cc(-c2ccccc2CC(C)(C)Nc2nc(N3CCOCC3)nc(-n3c(CF)nc4ccccc43)n2)ccn1. The summed E-state index contributed by atoms with van der Waals surface area (Å²) in [5.41, 5.74) is 4.21. The van der Waals surface area contributed by atoms with Crippen LogP contribution in [0.5, 0.6) is 5.88 Å². The van der Waals surface area contributed by atoms with Gasteiger partial charge >= 0.3 is 0 Å². The zero-order chi connectivity index (χ0) is 29.1. The molecular weight excluding hydrogens is 535 g/mol. The number of ether oxygens (including phenoxy) is 2. The number of pyridine rings is 1. The number of para-hydroxylation sites is 2. The summed E-state index contributed by atoms with van der Waals surface area (Å²) in [7, 11) is 1.61. The highest BCUT2D eigenvalue weighted by atomic mass is 19.1. The van der Waals surface area contributed by atoms with E-state index in [1.807, 2.05) is 48.5 Å². The molecule has 4 heterocycles. The van der Waals surface area contributed by atoms with E-state index in [1.165, 1.54) is 0 Å². The number of imidazole rings is 1. The molecule has 1 fully saturated rings. The van der Waals surface area contributed by atoms with Crippen LogP contribution in [-0.2, 0) is 17.8 Å². The minimum absolute atomic E-state index is 0.238. The summed E-state index contributed by atoms with van der Waals surface area (Å²) in [6.07, 6.45) is 2.42. The predicted molar refractivity (Wildman–Crippen MR) is 160 cm³/mol. The fourth-order valence-electron chi connectivity index (χ4n) is 5.27. The first-order chi connectivity index (χ1) is 20.4. The number of hydrogen-bond acceptors (Lipinski definition) is 9. The Morgan fingerprint density at radius 3 is 2.52 bits per heavy atom. The Balaban J connectivity index is 1.37. The number of methoxy groups -OCH3 is 1. The van der Waals surface area contributed by atoms with Crippen LogP contribution in [0, 0.1) is 0 Å². The van der Waals surface area contributed by atoms with E-state index in [0.717, 1.165) is 22.2 Å². The van der Waals surface area contributed by atoms with Gasteiger partial charge in [0.15, 0.2) is 0 Å². The summed E-state index contributed by atoms with van der Waals surface area (Å²) in [4.78, 5) is 25.2. The Labute approximate surface area is 243 Å². The van der Waals surface area contributed by atoms with E-state index in [1.54, 1.807) is 17.9 Å². The lowest BCUT2D eigenvalue weighted by Gasteiger charge is -2.30. The van der Waals surface area contributed by atoms with Gasteiger partial charge in [-0.15, -0.1) is 0 Å². The molecule has 0 atom stereocenters.